The number of rotatable bonds is 4. The van der Waals surface area contributed by atoms with E-state index >= 15 is 0 Å². The van der Waals surface area contributed by atoms with Gasteiger partial charge in [0.25, 0.3) is 0 Å². The number of nitrogens with zero attached hydrogens (tertiary/aromatic N) is 2. The lowest BCUT2D eigenvalue weighted by atomic mass is 10.2. The van der Waals surface area contributed by atoms with Crippen molar-refractivity contribution < 1.29 is 0 Å². The van der Waals surface area contributed by atoms with Gasteiger partial charge in [-0.25, -0.2) is 4.98 Å². The fourth-order valence-electron chi connectivity index (χ4n) is 2.60. The molecule has 0 aliphatic rings. The van der Waals surface area contributed by atoms with Crippen LogP contribution in [-0.4, -0.2) is 9.55 Å². The van der Waals surface area contributed by atoms with E-state index in [-0.39, 0.29) is 0 Å². The smallest absolute Gasteiger partial charge is 0.183 e. The number of benzene rings is 2. The summed E-state index contributed by atoms with van der Waals surface area (Å²) >= 11 is 7.34. The number of fused-ring (bicyclic) bond motifs is 1. The Morgan fingerprint density at radius 2 is 1.87 bits per heavy atom. The highest BCUT2D eigenvalue weighted by Crippen LogP contribution is 2.22. The number of para-hydroxylation sites is 1. The number of hydrogen-bond acceptors (Lipinski definition) is 3. The summed E-state index contributed by atoms with van der Waals surface area (Å²) < 4.78 is 2.78. The minimum Gasteiger partial charge on any atom is -0.380 e. The summed E-state index contributed by atoms with van der Waals surface area (Å²) in [5, 5.41) is 4.63. The highest BCUT2D eigenvalue weighted by Gasteiger charge is 2.03. The molecule has 0 spiro atoms. The minimum absolute atomic E-state index is 0.580. The van der Waals surface area contributed by atoms with Crippen LogP contribution in [0.3, 0.4) is 0 Å². The molecule has 5 heteroatoms. The second kappa shape index (κ2) is 6.07. The van der Waals surface area contributed by atoms with Crippen molar-refractivity contribution in [1.29, 1.82) is 0 Å². The third-order valence-corrected chi connectivity index (χ3v) is 4.85. The normalized spacial score (nSPS) is 11.0. The van der Waals surface area contributed by atoms with Crippen molar-refractivity contribution in [2.24, 2.45) is 0 Å². The summed E-state index contributed by atoms with van der Waals surface area (Å²) in [4.78, 5) is 5.17. The topological polar surface area (TPSA) is 29.9 Å². The van der Waals surface area contributed by atoms with Gasteiger partial charge < -0.3 is 9.88 Å². The van der Waals surface area contributed by atoms with E-state index in [4.69, 9.17) is 11.6 Å². The van der Waals surface area contributed by atoms with Gasteiger partial charge in [-0.05, 0) is 41.8 Å². The van der Waals surface area contributed by atoms with Gasteiger partial charge in [0.2, 0.25) is 0 Å². The van der Waals surface area contributed by atoms with Crippen LogP contribution in [0.1, 0.15) is 4.88 Å². The molecule has 0 aliphatic carbocycles. The average molecular weight is 340 g/mol. The minimum atomic E-state index is 0.580. The number of anilines is 1. The predicted molar refractivity (Wildman–Crippen MR) is 97.7 cm³/mol. The van der Waals surface area contributed by atoms with Crippen molar-refractivity contribution in [2.75, 3.05) is 5.32 Å². The highest BCUT2D eigenvalue weighted by atomic mass is 35.5. The van der Waals surface area contributed by atoms with Gasteiger partial charge in [0, 0.05) is 28.6 Å². The summed E-state index contributed by atoms with van der Waals surface area (Å²) in [5.41, 5.74) is 3.44. The van der Waals surface area contributed by atoms with Crippen LogP contribution < -0.4 is 5.32 Å². The lowest BCUT2D eigenvalue weighted by Gasteiger charge is -2.08. The van der Waals surface area contributed by atoms with Crippen LogP contribution in [0.5, 0.6) is 0 Å². The molecule has 0 aliphatic heterocycles. The molecular weight excluding hydrogens is 326 g/mol. The summed E-state index contributed by atoms with van der Waals surface area (Å²) in [7, 11) is 0. The summed E-state index contributed by atoms with van der Waals surface area (Å²) in [6.45, 7) is 0.732. The summed E-state index contributed by atoms with van der Waals surface area (Å²) in [5.74, 6) is 0. The van der Waals surface area contributed by atoms with E-state index in [0.717, 1.165) is 22.8 Å². The van der Waals surface area contributed by atoms with E-state index in [2.05, 4.69) is 75.7 Å². The first kappa shape index (κ1) is 14.3. The number of thiazole rings is 1. The first-order valence-corrected chi connectivity index (χ1v) is 8.50. The molecule has 4 rings (SSSR count). The Bertz CT molecular complexity index is 940. The Morgan fingerprint density at radius 1 is 1.04 bits per heavy atom. The second-order valence-electron chi connectivity index (χ2n) is 5.22. The second-order valence-corrected chi connectivity index (χ2v) is 6.92. The maximum atomic E-state index is 5.84. The molecular formula is C18H14ClN3S. The van der Waals surface area contributed by atoms with Crippen molar-refractivity contribution in [1.82, 2.24) is 9.55 Å². The Morgan fingerprint density at radius 3 is 2.65 bits per heavy atom. The Labute approximate surface area is 143 Å². The van der Waals surface area contributed by atoms with Crippen molar-refractivity contribution in [2.45, 2.75) is 6.54 Å². The zero-order chi connectivity index (χ0) is 15.6. The molecule has 2 aromatic carbocycles. The molecule has 2 aromatic heterocycles. The fourth-order valence-corrected chi connectivity index (χ4v) is 3.52. The van der Waals surface area contributed by atoms with Gasteiger partial charge in [-0.3, -0.25) is 0 Å². The molecule has 0 saturated carbocycles. The average Bonchev–Trinajstić information content (AvgIpc) is 3.20. The van der Waals surface area contributed by atoms with Crippen LogP contribution in [0, 0.1) is 0 Å². The molecule has 0 atom stereocenters. The van der Waals surface area contributed by atoms with Crippen LogP contribution >= 0.6 is 22.9 Å². The Hall–Kier alpha value is -2.30. The number of hydrogen-bond donors (Lipinski definition) is 1. The molecule has 1 N–H and O–H groups in total. The Balaban J connectivity index is 1.53. The SMILES string of the molecule is Clc1ncc(CNc2ccc(-n3ccc4ccccc43)cc2)s1. The van der Waals surface area contributed by atoms with Gasteiger partial charge in [0.1, 0.15) is 0 Å². The van der Waals surface area contributed by atoms with Crippen molar-refractivity contribution >= 4 is 39.5 Å². The zero-order valence-corrected chi connectivity index (χ0v) is 13.8. The zero-order valence-electron chi connectivity index (χ0n) is 12.2. The van der Waals surface area contributed by atoms with Crippen LogP contribution in [0.4, 0.5) is 5.69 Å². The van der Waals surface area contributed by atoms with Crippen LogP contribution in [0.15, 0.2) is 67.0 Å². The largest absolute Gasteiger partial charge is 0.380 e. The molecule has 0 fully saturated rings. The van der Waals surface area contributed by atoms with Gasteiger partial charge >= 0.3 is 0 Å². The highest BCUT2D eigenvalue weighted by molar-refractivity contribution is 7.15. The first-order chi connectivity index (χ1) is 11.3. The van der Waals surface area contributed by atoms with Crippen molar-refractivity contribution in [3.05, 3.63) is 76.3 Å². The predicted octanol–water partition coefficient (Wildman–Crippen LogP) is 5.35. The van der Waals surface area contributed by atoms with Crippen LogP contribution in [0.2, 0.25) is 4.47 Å². The van der Waals surface area contributed by atoms with E-state index in [0.29, 0.717) is 4.47 Å². The standard InChI is InChI=1S/C18H14ClN3S/c19-18-21-12-16(23-18)11-20-14-5-7-15(8-6-14)22-10-9-13-3-1-2-4-17(13)22/h1-10,12,20H,11H2. The lowest BCUT2D eigenvalue weighted by Crippen LogP contribution is -1.98. The summed E-state index contributed by atoms with van der Waals surface area (Å²) in [6, 6.07) is 18.9. The van der Waals surface area contributed by atoms with E-state index in [1.807, 2.05) is 0 Å². The van der Waals surface area contributed by atoms with Crippen molar-refractivity contribution in [3.63, 3.8) is 0 Å². The molecule has 114 valence electrons. The maximum absolute atomic E-state index is 5.84. The number of aromatic nitrogens is 2. The molecule has 23 heavy (non-hydrogen) atoms. The van der Waals surface area contributed by atoms with E-state index < -0.39 is 0 Å². The molecule has 0 bridgehead atoms. The molecule has 0 unspecified atom stereocenters. The van der Waals surface area contributed by atoms with Gasteiger partial charge in [0.05, 0.1) is 12.1 Å². The van der Waals surface area contributed by atoms with Crippen LogP contribution in [-0.2, 0) is 6.54 Å². The van der Waals surface area contributed by atoms with E-state index in [1.165, 1.54) is 22.2 Å². The maximum Gasteiger partial charge on any atom is 0.183 e. The summed E-state index contributed by atoms with van der Waals surface area (Å²) in [6.07, 6.45) is 3.91. The molecule has 0 radical (unpaired) electrons. The molecule has 3 nitrogen and oxygen atoms in total. The van der Waals surface area contributed by atoms with Crippen LogP contribution in [0.25, 0.3) is 16.6 Å². The van der Waals surface area contributed by atoms with Gasteiger partial charge in [-0.15, -0.1) is 11.3 Å². The molecule has 0 amide bonds. The van der Waals surface area contributed by atoms with E-state index in [9.17, 15) is 0 Å². The number of halogens is 1. The van der Waals surface area contributed by atoms with Gasteiger partial charge in [-0.2, -0.15) is 0 Å². The quantitative estimate of drug-likeness (QED) is 0.543. The molecule has 2 heterocycles. The number of nitrogens with one attached hydrogen (secondary N) is 1. The molecule has 4 aromatic rings. The van der Waals surface area contributed by atoms with Gasteiger partial charge in [0.15, 0.2) is 4.47 Å². The fraction of sp³-hybridized carbons (Fsp3) is 0.0556. The lowest BCUT2D eigenvalue weighted by molar-refractivity contribution is 1.12. The first-order valence-electron chi connectivity index (χ1n) is 7.30. The van der Waals surface area contributed by atoms with Gasteiger partial charge in [-0.1, -0.05) is 29.8 Å². The Kier molecular flexibility index (Phi) is 3.77. The van der Waals surface area contributed by atoms with E-state index in [1.54, 1.807) is 6.20 Å². The third kappa shape index (κ3) is 2.96. The van der Waals surface area contributed by atoms with Crippen molar-refractivity contribution in [3.8, 4) is 5.69 Å². The monoisotopic (exact) mass is 339 g/mol. The molecule has 0 saturated heterocycles. The third-order valence-electron chi connectivity index (χ3n) is 3.74.